The first-order chi connectivity index (χ1) is 25.8. The SMILES string of the molecule is C=C[C@H]1C[C@@]1(NC(=O)[C@@H]1CC2CN1C(=O)[C@H](C(C)(C)C)NC(=O)OCC(C)(C)OCCCCOc1cccc3c1CN(C3)C(=O)O2)C(=O)NS(=O)(=O)C1CC1. The van der Waals surface area contributed by atoms with Crippen molar-refractivity contribution in [3.8, 4) is 5.75 Å². The van der Waals surface area contributed by atoms with Crippen LogP contribution in [0.25, 0.3) is 0 Å². The predicted octanol–water partition coefficient (Wildman–Crippen LogP) is 2.89. The molecule has 5 aliphatic rings. The van der Waals surface area contributed by atoms with Gasteiger partial charge in [-0.25, -0.2) is 18.0 Å². The molecule has 5 amide bonds. The molecule has 2 aliphatic carbocycles. The van der Waals surface area contributed by atoms with Crippen LogP contribution in [0.3, 0.4) is 0 Å². The molecule has 3 aliphatic heterocycles. The monoisotopic (exact) mass is 787 g/mol. The summed E-state index contributed by atoms with van der Waals surface area (Å²) in [5.41, 5.74) is -1.53. The number of benzene rings is 1. The zero-order valence-electron chi connectivity index (χ0n) is 32.2. The minimum atomic E-state index is -3.93. The van der Waals surface area contributed by atoms with E-state index in [1.54, 1.807) is 34.6 Å². The summed E-state index contributed by atoms with van der Waals surface area (Å²) in [6.45, 7) is 13.6. The fraction of sp³-hybridized carbons (Fsp3) is 0.658. The second-order valence-electron chi connectivity index (χ2n) is 16.9. The summed E-state index contributed by atoms with van der Waals surface area (Å²) in [5, 5.41) is 4.75. The molecule has 1 unspecified atom stereocenters. The zero-order valence-corrected chi connectivity index (χ0v) is 33.0. The van der Waals surface area contributed by atoms with Crippen molar-refractivity contribution < 1.29 is 51.3 Å². The highest BCUT2D eigenvalue weighted by atomic mass is 32.2. The predicted molar refractivity (Wildman–Crippen MR) is 198 cm³/mol. The highest BCUT2D eigenvalue weighted by Crippen LogP contribution is 2.45. The summed E-state index contributed by atoms with van der Waals surface area (Å²) in [6.07, 6.45) is 1.27. The van der Waals surface area contributed by atoms with E-state index in [0.29, 0.717) is 44.6 Å². The van der Waals surface area contributed by atoms with Gasteiger partial charge in [0.2, 0.25) is 21.8 Å². The van der Waals surface area contributed by atoms with Gasteiger partial charge in [0.15, 0.2) is 0 Å². The third kappa shape index (κ3) is 9.03. The summed E-state index contributed by atoms with van der Waals surface area (Å²) in [5.74, 6) is -2.16. The number of carbonyl (C=O) groups excluding carboxylic acids is 5. The lowest BCUT2D eigenvalue weighted by Gasteiger charge is -2.35. The molecule has 6 rings (SSSR count). The topological polar surface area (TPSA) is 199 Å². The van der Waals surface area contributed by atoms with Crippen LogP contribution in [0.15, 0.2) is 30.9 Å². The lowest BCUT2D eigenvalue weighted by Crippen LogP contribution is -2.60. The normalized spacial score (nSPS) is 29.0. The van der Waals surface area contributed by atoms with Crippen LogP contribution in [0.2, 0.25) is 0 Å². The Balaban J connectivity index is 1.27. The van der Waals surface area contributed by atoms with Crippen molar-refractivity contribution in [1.29, 1.82) is 0 Å². The average Bonchev–Trinajstić information content (AvgIpc) is 4.00. The Hall–Kier alpha value is -4.38. The van der Waals surface area contributed by atoms with Crippen molar-refractivity contribution in [2.75, 3.05) is 26.4 Å². The van der Waals surface area contributed by atoms with Crippen molar-refractivity contribution in [2.45, 2.75) is 121 Å². The van der Waals surface area contributed by atoms with Gasteiger partial charge in [-0.2, -0.15) is 0 Å². The van der Waals surface area contributed by atoms with E-state index in [0.717, 1.165) is 11.1 Å². The van der Waals surface area contributed by atoms with E-state index in [2.05, 4.69) is 21.9 Å². The molecule has 1 saturated heterocycles. The minimum Gasteiger partial charge on any atom is -0.493 e. The fourth-order valence-corrected chi connectivity index (χ4v) is 8.62. The van der Waals surface area contributed by atoms with E-state index in [1.807, 2.05) is 18.2 Å². The molecule has 16 nitrogen and oxygen atoms in total. The number of alkyl carbamates (subject to hydrolysis) is 1. The molecule has 0 radical (unpaired) electrons. The molecule has 3 N–H and O–H groups in total. The maximum atomic E-state index is 14.5. The molecule has 2 saturated carbocycles. The Morgan fingerprint density at radius 1 is 1.05 bits per heavy atom. The molecule has 3 fully saturated rings. The van der Waals surface area contributed by atoms with Gasteiger partial charge in [0, 0.05) is 31.1 Å². The first kappa shape index (κ1) is 40.3. The van der Waals surface area contributed by atoms with E-state index in [1.165, 1.54) is 15.9 Å². The van der Waals surface area contributed by atoms with Crippen LogP contribution in [0.5, 0.6) is 5.75 Å². The van der Waals surface area contributed by atoms with E-state index >= 15 is 0 Å². The van der Waals surface area contributed by atoms with Crippen molar-refractivity contribution in [3.05, 3.63) is 42.0 Å². The number of ether oxygens (including phenoxy) is 4. The van der Waals surface area contributed by atoms with Crippen molar-refractivity contribution >= 4 is 39.9 Å². The number of carbonyl (C=O) groups is 5. The number of cyclic esters (lactones) is 1. The molecule has 4 bridgehead atoms. The van der Waals surface area contributed by atoms with E-state index in [4.69, 9.17) is 18.9 Å². The molecule has 1 aromatic carbocycles. The molecular weight excluding hydrogens is 735 g/mol. The third-order valence-electron chi connectivity index (χ3n) is 10.8. The van der Waals surface area contributed by atoms with Crippen molar-refractivity contribution in [2.24, 2.45) is 11.3 Å². The van der Waals surface area contributed by atoms with Crippen LogP contribution in [-0.2, 0) is 51.7 Å². The van der Waals surface area contributed by atoms with Crippen LogP contribution in [0.1, 0.15) is 84.3 Å². The molecule has 5 atom stereocenters. The summed E-state index contributed by atoms with van der Waals surface area (Å²) in [7, 11) is -3.93. The van der Waals surface area contributed by atoms with E-state index in [-0.39, 0.29) is 39.1 Å². The number of sulfonamides is 1. The Morgan fingerprint density at radius 3 is 2.45 bits per heavy atom. The van der Waals surface area contributed by atoms with Gasteiger partial charge < -0.3 is 34.5 Å². The quantitative estimate of drug-likeness (QED) is 0.359. The second-order valence-corrected chi connectivity index (χ2v) is 18.8. The number of hydrogen-bond acceptors (Lipinski definition) is 11. The molecule has 3 heterocycles. The van der Waals surface area contributed by atoms with E-state index in [9.17, 15) is 32.4 Å². The Morgan fingerprint density at radius 2 is 1.78 bits per heavy atom. The number of hydrogen-bond donors (Lipinski definition) is 3. The Bertz CT molecular complexity index is 1820. The first-order valence-electron chi connectivity index (χ1n) is 18.9. The smallest absolute Gasteiger partial charge is 0.410 e. The maximum Gasteiger partial charge on any atom is 0.410 e. The largest absolute Gasteiger partial charge is 0.493 e. The zero-order chi connectivity index (χ0) is 39.9. The van der Waals surface area contributed by atoms with Gasteiger partial charge in [0.05, 0.1) is 30.5 Å². The minimum absolute atomic E-state index is 0.104. The summed E-state index contributed by atoms with van der Waals surface area (Å²) in [6, 6.07) is 3.19. The Kier molecular flexibility index (Phi) is 11.2. The van der Waals surface area contributed by atoms with Gasteiger partial charge >= 0.3 is 12.2 Å². The third-order valence-corrected chi connectivity index (χ3v) is 12.6. The van der Waals surface area contributed by atoms with Gasteiger partial charge in [-0.15, -0.1) is 6.58 Å². The molecular formula is C38H53N5O11S. The number of nitrogens with one attached hydrogen (secondary N) is 3. The summed E-state index contributed by atoms with van der Waals surface area (Å²) >= 11 is 0. The number of rotatable bonds is 6. The molecule has 0 spiro atoms. The average molecular weight is 788 g/mol. The fourth-order valence-electron chi connectivity index (χ4n) is 7.26. The standard InChI is InChI=1S/C38H53N5O11S/c1-7-24-18-38(24,33(46)41-55(49,50)26-13-14-26)40-31(44)28-17-25-20-43(28)32(45)30(36(2,3)4)39-34(47)52-22-37(5,6)53-16-9-8-15-51-29-12-10-11-23-19-42(21-27(23)29)35(48)54-25/h7,10-12,24-26,28,30H,1,8-9,13-22H2,2-6H3,(H,39,47)(H,40,44)(H,41,46)/t24-,25?,28-,30+,38-/m0/s1. The molecule has 17 heteroatoms. The lowest BCUT2D eigenvalue weighted by atomic mass is 9.85. The van der Waals surface area contributed by atoms with Crippen LogP contribution in [0, 0.1) is 11.3 Å². The van der Waals surface area contributed by atoms with Crippen molar-refractivity contribution in [3.63, 3.8) is 0 Å². The second kappa shape index (κ2) is 15.3. The summed E-state index contributed by atoms with van der Waals surface area (Å²) < 4.78 is 51.1. The first-order valence-corrected chi connectivity index (χ1v) is 20.5. The highest BCUT2D eigenvalue weighted by Gasteiger charge is 2.62. The lowest BCUT2D eigenvalue weighted by molar-refractivity contribution is -0.143. The van der Waals surface area contributed by atoms with Gasteiger partial charge in [-0.05, 0) is 63.0 Å². The molecule has 1 aromatic rings. The van der Waals surface area contributed by atoms with Crippen molar-refractivity contribution in [1.82, 2.24) is 25.2 Å². The maximum absolute atomic E-state index is 14.5. The van der Waals surface area contributed by atoms with Crippen LogP contribution >= 0.6 is 0 Å². The highest BCUT2D eigenvalue weighted by molar-refractivity contribution is 7.91. The Labute approximate surface area is 322 Å². The van der Waals surface area contributed by atoms with Gasteiger partial charge in [-0.3, -0.25) is 24.0 Å². The van der Waals surface area contributed by atoms with Gasteiger partial charge in [0.25, 0.3) is 5.91 Å². The van der Waals surface area contributed by atoms with Gasteiger partial charge in [-0.1, -0.05) is 39.0 Å². The number of amides is 5. The number of nitrogens with zero attached hydrogens (tertiary/aromatic N) is 2. The van der Waals surface area contributed by atoms with E-state index < -0.39 is 85.8 Å². The van der Waals surface area contributed by atoms with Crippen LogP contribution in [0.4, 0.5) is 9.59 Å². The van der Waals surface area contributed by atoms with Gasteiger partial charge in [0.1, 0.15) is 36.1 Å². The molecule has 302 valence electrons. The van der Waals surface area contributed by atoms with Crippen LogP contribution in [-0.4, -0.2) is 109 Å². The van der Waals surface area contributed by atoms with Crippen LogP contribution < -0.4 is 20.1 Å². The molecule has 0 aromatic heterocycles. The number of fused-ring (bicyclic) bond motifs is 3. The molecule has 55 heavy (non-hydrogen) atoms. The summed E-state index contributed by atoms with van der Waals surface area (Å²) in [4.78, 5) is 71.9.